The van der Waals surface area contributed by atoms with E-state index in [4.69, 9.17) is 9.15 Å². The second-order valence-corrected chi connectivity index (χ2v) is 5.40. The van der Waals surface area contributed by atoms with Crippen LogP contribution in [0.1, 0.15) is 11.1 Å². The van der Waals surface area contributed by atoms with Crippen molar-refractivity contribution in [3.05, 3.63) is 76.5 Å². The number of fused-ring (bicyclic) bond motifs is 1. The van der Waals surface area contributed by atoms with Crippen molar-refractivity contribution in [3.8, 4) is 17.1 Å². The summed E-state index contributed by atoms with van der Waals surface area (Å²) >= 11 is 0. The molecule has 3 aromatic rings. The molecule has 0 aliphatic heterocycles. The molecule has 3 nitrogen and oxygen atoms in total. The molecule has 0 saturated heterocycles. The Morgan fingerprint density at radius 2 is 1.96 bits per heavy atom. The molecule has 1 aromatic heterocycles. The molecule has 0 saturated carbocycles. The van der Waals surface area contributed by atoms with Gasteiger partial charge in [0.15, 0.2) is 5.76 Å². The van der Waals surface area contributed by atoms with Crippen LogP contribution in [0.4, 0.5) is 0 Å². The van der Waals surface area contributed by atoms with Gasteiger partial charge in [0.1, 0.15) is 5.58 Å². The molecule has 0 aliphatic carbocycles. The number of allylic oxidation sites excluding steroid dienone is 1. The largest absolute Gasteiger partial charge is 0.490 e. The maximum atomic E-state index is 12.8. The van der Waals surface area contributed by atoms with Gasteiger partial charge < -0.3 is 9.15 Å². The van der Waals surface area contributed by atoms with Crippen molar-refractivity contribution in [1.29, 1.82) is 0 Å². The van der Waals surface area contributed by atoms with E-state index in [0.717, 1.165) is 16.7 Å². The number of rotatable bonds is 4. The van der Waals surface area contributed by atoms with Crippen molar-refractivity contribution in [2.75, 3.05) is 7.11 Å². The first-order valence-corrected chi connectivity index (χ1v) is 7.47. The highest BCUT2D eigenvalue weighted by molar-refractivity contribution is 5.85. The molecule has 0 bridgehead atoms. The van der Waals surface area contributed by atoms with E-state index in [-0.39, 0.29) is 11.2 Å². The maximum absolute atomic E-state index is 12.8. The second-order valence-electron chi connectivity index (χ2n) is 5.40. The fraction of sp³-hybridized carbons (Fsp3) is 0.150. The van der Waals surface area contributed by atoms with Crippen LogP contribution >= 0.6 is 0 Å². The van der Waals surface area contributed by atoms with Gasteiger partial charge in [-0.2, -0.15) is 0 Å². The summed E-state index contributed by atoms with van der Waals surface area (Å²) in [6.45, 7) is 5.75. The SMILES string of the molecule is C=CCc1cccc2c(=O)c(OC)c(-c3ccccc3C)oc12. The van der Waals surface area contributed by atoms with Gasteiger partial charge in [0.05, 0.1) is 12.5 Å². The van der Waals surface area contributed by atoms with Crippen LogP contribution in [0.15, 0.2) is 64.3 Å². The molecule has 0 aliphatic rings. The van der Waals surface area contributed by atoms with E-state index in [9.17, 15) is 4.79 Å². The van der Waals surface area contributed by atoms with E-state index in [1.807, 2.05) is 43.3 Å². The fourth-order valence-electron chi connectivity index (χ4n) is 2.76. The number of methoxy groups -OCH3 is 1. The van der Waals surface area contributed by atoms with Crippen LogP contribution in [0, 0.1) is 6.92 Å². The van der Waals surface area contributed by atoms with Gasteiger partial charge in [-0.1, -0.05) is 42.5 Å². The second kappa shape index (κ2) is 6.13. The smallest absolute Gasteiger partial charge is 0.235 e. The summed E-state index contributed by atoms with van der Waals surface area (Å²) in [7, 11) is 1.49. The Morgan fingerprint density at radius 1 is 1.17 bits per heavy atom. The summed E-state index contributed by atoms with van der Waals surface area (Å²) in [6.07, 6.45) is 2.44. The van der Waals surface area contributed by atoms with E-state index in [2.05, 4.69) is 6.58 Å². The van der Waals surface area contributed by atoms with Gasteiger partial charge in [-0.15, -0.1) is 6.58 Å². The van der Waals surface area contributed by atoms with Gasteiger partial charge in [0, 0.05) is 5.56 Å². The van der Waals surface area contributed by atoms with E-state index in [0.29, 0.717) is 23.2 Å². The maximum Gasteiger partial charge on any atom is 0.235 e. The van der Waals surface area contributed by atoms with Gasteiger partial charge >= 0.3 is 0 Å². The zero-order valence-corrected chi connectivity index (χ0v) is 13.3. The van der Waals surface area contributed by atoms with Crippen LogP contribution in [0.3, 0.4) is 0 Å². The van der Waals surface area contributed by atoms with Crippen molar-refractivity contribution in [2.24, 2.45) is 0 Å². The molecule has 0 amide bonds. The summed E-state index contributed by atoms with van der Waals surface area (Å²) in [4.78, 5) is 12.8. The summed E-state index contributed by atoms with van der Waals surface area (Å²) in [5.41, 5.74) is 3.26. The molecule has 3 heteroatoms. The first kappa shape index (κ1) is 15.1. The first-order chi connectivity index (χ1) is 11.2. The van der Waals surface area contributed by atoms with Crippen LogP contribution in [-0.2, 0) is 6.42 Å². The Balaban J connectivity index is 2.42. The lowest BCUT2D eigenvalue weighted by Gasteiger charge is -2.12. The zero-order chi connectivity index (χ0) is 16.4. The predicted molar refractivity (Wildman–Crippen MR) is 93.1 cm³/mol. The van der Waals surface area contributed by atoms with Crippen molar-refractivity contribution in [2.45, 2.75) is 13.3 Å². The van der Waals surface area contributed by atoms with Crippen molar-refractivity contribution in [3.63, 3.8) is 0 Å². The van der Waals surface area contributed by atoms with Crippen molar-refractivity contribution < 1.29 is 9.15 Å². The quantitative estimate of drug-likeness (QED) is 0.666. The van der Waals surface area contributed by atoms with E-state index >= 15 is 0 Å². The van der Waals surface area contributed by atoms with Crippen LogP contribution in [0.25, 0.3) is 22.3 Å². The molecule has 0 N–H and O–H groups in total. The molecular weight excluding hydrogens is 288 g/mol. The molecule has 23 heavy (non-hydrogen) atoms. The standard InChI is InChI=1S/C20H18O3/c1-4-8-14-10-7-12-16-17(21)20(22-3)19(23-18(14)16)15-11-6-5-9-13(15)2/h4-7,9-12H,1,8H2,2-3H3. The summed E-state index contributed by atoms with van der Waals surface area (Å²) in [5, 5.41) is 0.526. The Labute approximate surface area is 134 Å². The van der Waals surface area contributed by atoms with Gasteiger partial charge in [-0.3, -0.25) is 4.79 Å². The Morgan fingerprint density at radius 3 is 2.65 bits per heavy atom. The summed E-state index contributed by atoms with van der Waals surface area (Å²) in [6, 6.07) is 13.3. The number of hydrogen-bond acceptors (Lipinski definition) is 3. The molecule has 0 spiro atoms. The topological polar surface area (TPSA) is 39.4 Å². The number of hydrogen-bond donors (Lipinski definition) is 0. The van der Waals surface area contributed by atoms with Crippen molar-refractivity contribution >= 4 is 11.0 Å². The van der Waals surface area contributed by atoms with E-state index in [1.165, 1.54) is 7.11 Å². The minimum absolute atomic E-state index is 0.155. The van der Waals surface area contributed by atoms with Crippen LogP contribution in [0.2, 0.25) is 0 Å². The molecule has 0 unspecified atom stereocenters. The third kappa shape index (κ3) is 2.55. The highest BCUT2D eigenvalue weighted by atomic mass is 16.5. The fourth-order valence-corrected chi connectivity index (χ4v) is 2.76. The predicted octanol–water partition coefficient (Wildman–Crippen LogP) is 4.51. The molecular formula is C20H18O3. The lowest BCUT2D eigenvalue weighted by Crippen LogP contribution is -2.08. The number of aryl methyl sites for hydroxylation is 1. The van der Waals surface area contributed by atoms with Gasteiger partial charge in [0.2, 0.25) is 11.2 Å². The number of ether oxygens (including phenoxy) is 1. The Hall–Kier alpha value is -2.81. The third-order valence-corrected chi connectivity index (χ3v) is 3.92. The number of para-hydroxylation sites is 1. The molecule has 3 rings (SSSR count). The average molecular weight is 306 g/mol. The molecule has 0 fully saturated rings. The van der Waals surface area contributed by atoms with Crippen LogP contribution < -0.4 is 10.2 Å². The number of benzene rings is 2. The van der Waals surface area contributed by atoms with E-state index < -0.39 is 0 Å². The van der Waals surface area contributed by atoms with Crippen LogP contribution in [0.5, 0.6) is 5.75 Å². The van der Waals surface area contributed by atoms with Gasteiger partial charge in [-0.05, 0) is 30.5 Å². The Kier molecular flexibility index (Phi) is 4.02. The third-order valence-electron chi connectivity index (χ3n) is 3.92. The Bertz CT molecular complexity index is 935. The van der Waals surface area contributed by atoms with Crippen LogP contribution in [-0.4, -0.2) is 7.11 Å². The van der Waals surface area contributed by atoms with Crippen molar-refractivity contribution in [1.82, 2.24) is 0 Å². The minimum atomic E-state index is -0.155. The zero-order valence-electron chi connectivity index (χ0n) is 13.3. The summed E-state index contributed by atoms with van der Waals surface area (Å²) < 4.78 is 11.5. The van der Waals surface area contributed by atoms with Gasteiger partial charge in [-0.25, -0.2) is 0 Å². The molecule has 1 heterocycles. The minimum Gasteiger partial charge on any atom is -0.490 e. The van der Waals surface area contributed by atoms with E-state index in [1.54, 1.807) is 12.1 Å². The lowest BCUT2D eigenvalue weighted by atomic mass is 10.0. The molecule has 0 atom stereocenters. The molecule has 0 radical (unpaired) electrons. The van der Waals surface area contributed by atoms with Gasteiger partial charge in [0.25, 0.3) is 0 Å². The molecule has 2 aromatic carbocycles. The summed E-state index contributed by atoms with van der Waals surface area (Å²) in [5.74, 6) is 0.710. The lowest BCUT2D eigenvalue weighted by molar-refractivity contribution is 0.398. The molecule has 116 valence electrons. The first-order valence-electron chi connectivity index (χ1n) is 7.47. The monoisotopic (exact) mass is 306 g/mol. The normalized spacial score (nSPS) is 10.7. The average Bonchev–Trinajstić information content (AvgIpc) is 2.56. The highest BCUT2D eigenvalue weighted by Crippen LogP contribution is 2.33. The highest BCUT2D eigenvalue weighted by Gasteiger charge is 2.19.